The molecule has 0 bridgehead atoms. The van der Waals surface area contributed by atoms with Gasteiger partial charge in [-0.2, -0.15) is 18.3 Å². The Morgan fingerprint density at radius 1 is 1.29 bits per heavy atom. The molecular weight excluding hydrogens is 357 g/mol. The first-order valence-electron chi connectivity index (χ1n) is 6.31. The summed E-state index contributed by atoms with van der Waals surface area (Å²) in [5, 5.41) is 3.68. The summed E-state index contributed by atoms with van der Waals surface area (Å²) in [7, 11) is 2.84. The molecule has 0 saturated carbocycles. The molecule has 1 heterocycles. The van der Waals surface area contributed by atoms with Crippen molar-refractivity contribution in [1.29, 1.82) is 0 Å². The van der Waals surface area contributed by atoms with Crippen molar-refractivity contribution < 1.29 is 27.4 Å². The van der Waals surface area contributed by atoms with Crippen LogP contribution in [-0.4, -0.2) is 30.8 Å². The van der Waals surface area contributed by atoms with Crippen molar-refractivity contribution in [1.82, 2.24) is 9.78 Å². The largest absolute Gasteiger partial charge is 0.435 e. The standard InChI is InChI=1S/C12H16BrF3N2O3/c1-19-5-18-10-7(13)3-4-8(21-6-20-2)9(10)11(17-18)12(14,15)16/h7-8H,3-6H2,1-2H3. The van der Waals surface area contributed by atoms with Crippen LogP contribution in [0.15, 0.2) is 0 Å². The molecule has 0 saturated heterocycles. The van der Waals surface area contributed by atoms with Crippen LogP contribution in [-0.2, 0) is 27.1 Å². The summed E-state index contributed by atoms with van der Waals surface area (Å²) in [6.07, 6.45) is -4.11. The van der Waals surface area contributed by atoms with Gasteiger partial charge in [0.15, 0.2) is 5.69 Å². The van der Waals surface area contributed by atoms with Crippen LogP contribution in [0.25, 0.3) is 0 Å². The highest BCUT2D eigenvalue weighted by atomic mass is 79.9. The van der Waals surface area contributed by atoms with E-state index in [0.717, 1.165) is 0 Å². The molecule has 0 spiro atoms. The molecule has 0 aliphatic heterocycles. The third kappa shape index (κ3) is 3.41. The smallest absolute Gasteiger partial charge is 0.362 e. The minimum Gasteiger partial charge on any atom is -0.362 e. The quantitative estimate of drug-likeness (QED) is 0.586. The molecular formula is C12H16BrF3N2O3. The van der Waals surface area contributed by atoms with E-state index in [0.29, 0.717) is 18.5 Å². The molecule has 0 N–H and O–H groups in total. The van der Waals surface area contributed by atoms with Gasteiger partial charge in [-0.15, -0.1) is 0 Å². The van der Waals surface area contributed by atoms with Crippen molar-refractivity contribution in [3.05, 3.63) is 17.0 Å². The lowest BCUT2D eigenvalue weighted by atomic mass is 9.92. The van der Waals surface area contributed by atoms with E-state index in [1.54, 1.807) is 0 Å². The maximum absolute atomic E-state index is 13.2. The van der Waals surface area contributed by atoms with Crippen molar-refractivity contribution in [2.75, 3.05) is 21.0 Å². The van der Waals surface area contributed by atoms with E-state index in [9.17, 15) is 13.2 Å². The maximum atomic E-state index is 13.2. The molecule has 21 heavy (non-hydrogen) atoms. The van der Waals surface area contributed by atoms with Crippen molar-refractivity contribution >= 4 is 15.9 Å². The van der Waals surface area contributed by atoms with Crippen molar-refractivity contribution in [2.45, 2.75) is 36.7 Å². The normalized spacial score (nSPS) is 22.4. The van der Waals surface area contributed by atoms with E-state index < -0.39 is 18.0 Å². The lowest BCUT2D eigenvalue weighted by Crippen LogP contribution is -2.20. The fraction of sp³-hybridized carbons (Fsp3) is 0.750. The van der Waals surface area contributed by atoms with E-state index in [-0.39, 0.29) is 23.9 Å². The predicted octanol–water partition coefficient (Wildman–Crippen LogP) is 3.40. The Balaban J connectivity index is 2.50. The fourth-order valence-electron chi connectivity index (χ4n) is 2.46. The number of alkyl halides is 4. The fourth-order valence-corrected chi connectivity index (χ4v) is 3.21. The summed E-state index contributed by atoms with van der Waals surface area (Å²) in [5.74, 6) is 0. The van der Waals surface area contributed by atoms with Gasteiger partial charge in [0.2, 0.25) is 0 Å². The van der Waals surface area contributed by atoms with Gasteiger partial charge in [0, 0.05) is 19.8 Å². The summed E-state index contributed by atoms with van der Waals surface area (Å²) in [6, 6.07) is 0. The van der Waals surface area contributed by atoms with Crippen LogP contribution in [0.1, 0.15) is 40.7 Å². The lowest BCUT2D eigenvalue weighted by Gasteiger charge is -2.27. The predicted molar refractivity (Wildman–Crippen MR) is 70.8 cm³/mol. The van der Waals surface area contributed by atoms with E-state index >= 15 is 0 Å². The van der Waals surface area contributed by atoms with Gasteiger partial charge in [0.1, 0.15) is 13.5 Å². The number of aromatic nitrogens is 2. The minimum atomic E-state index is -4.54. The molecule has 0 aromatic carbocycles. The molecule has 2 atom stereocenters. The summed E-state index contributed by atoms with van der Waals surface area (Å²) < 4.78 is 56.1. The van der Waals surface area contributed by atoms with E-state index in [4.69, 9.17) is 14.2 Å². The lowest BCUT2D eigenvalue weighted by molar-refractivity contribution is -0.145. The van der Waals surface area contributed by atoms with Crippen LogP contribution in [0.4, 0.5) is 13.2 Å². The molecule has 2 rings (SSSR count). The molecule has 1 aliphatic rings. The van der Waals surface area contributed by atoms with E-state index in [1.165, 1.54) is 18.9 Å². The summed E-state index contributed by atoms with van der Waals surface area (Å²) in [6.45, 7) is -0.110. The topological polar surface area (TPSA) is 45.5 Å². The number of rotatable bonds is 5. The van der Waals surface area contributed by atoms with E-state index in [2.05, 4.69) is 21.0 Å². The molecule has 0 radical (unpaired) electrons. The number of nitrogens with zero attached hydrogens (tertiary/aromatic N) is 2. The van der Waals surface area contributed by atoms with Crippen molar-refractivity contribution in [3.8, 4) is 0 Å². The van der Waals surface area contributed by atoms with E-state index in [1.807, 2.05) is 0 Å². The van der Waals surface area contributed by atoms with Crippen LogP contribution in [0.3, 0.4) is 0 Å². The monoisotopic (exact) mass is 372 g/mol. The number of halogens is 4. The SMILES string of the molecule is COCOC1CCC(Br)c2c1c(C(F)(F)F)nn2COC. The third-order valence-electron chi connectivity index (χ3n) is 3.24. The second kappa shape index (κ2) is 6.64. The summed E-state index contributed by atoms with van der Waals surface area (Å²) in [5.41, 5.74) is -0.388. The highest BCUT2D eigenvalue weighted by molar-refractivity contribution is 9.09. The molecule has 1 aromatic heterocycles. The number of methoxy groups -OCH3 is 2. The molecule has 2 unspecified atom stereocenters. The van der Waals surface area contributed by atoms with Gasteiger partial charge in [-0.3, -0.25) is 0 Å². The molecule has 0 fully saturated rings. The van der Waals surface area contributed by atoms with Crippen LogP contribution >= 0.6 is 15.9 Å². The first-order valence-corrected chi connectivity index (χ1v) is 7.23. The van der Waals surface area contributed by atoms with Crippen LogP contribution < -0.4 is 0 Å². The average Bonchev–Trinajstić information content (AvgIpc) is 2.79. The highest BCUT2D eigenvalue weighted by Gasteiger charge is 2.44. The van der Waals surface area contributed by atoms with Gasteiger partial charge in [-0.05, 0) is 12.8 Å². The van der Waals surface area contributed by atoms with Crippen LogP contribution in [0.5, 0.6) is 0 Å². The van der Waals surface area contributed by atoms with Gasteiger partial charge < -0.3 is 14.2 Å². The van der Waals surface area contributed by atoms with Gasteiger partial charge in [-0.1, -0.05) is 15.9 Å². The minimum absolute atomic E-state index is 0.0441. The third-order valence-corrected chi connectivity index (χ3v) is 4.13. The zero-order valence-corrected chi connectivity index (χ0v) is 13.2. The molecule has 1 aromatic rings. The Labute approximate surface area is 128 Å². The number of fused-ring (bicyclic) bond motifs is 1. The molecule has 5 nitrogen and oxygen atoms in total. The Morgan fingerprint density at radius 3 is 2.57 bits per heavy atom. The van der Waals surface area contributed by atoms with Gasteiger partial charge in [0.25, 0.3) is 0 Å². The molecule has 9 heteroatoms. The molecule has 0 amide bonds. The zero-order chi connectivity index (χ0) is 15.6. The Kier molecular flexibility index (Phi) is 5.29. The van der Waals surface area contributed by atoms with Crippen molar-refractivity contribution in [3.63, 3.8) is 0 Å². The number of hydrogen-bond acceptors (Lipinski definition) is 4. The Morgan fingerprint density at radius 2 is 2.00 bits per heavy atom. The average molecular weight is 373 g/mol. The highest BCUT2D eigenvalue weighted by Crippen LogP contribution is 2.47. The number of hydrogen-bond donors (Lipinski definition) is 0. The van der Waals surface area contributed by atoms with Crippen LogP contribution in [0, 0.1) is 0 Å². The van der Waals surface area contributed by atoms with Gasteiger partial charge >= 0.3 is 6.18 Å². The first kappa shape index (κ1) is 16.7. The maximum Gasteiger partial charge on any atom is 0.435 e. The summed E-state index contributed by atoms with van der Waals surface area (Å²) >= 11 is 3.41. The van der Waals surface area contributed by atoms with Gasteiger partial charge in [-0.25, -0.2) is 4.68 Å². The number of ether oxygens (including phenoxy) is 3. The summed E-state index contributed by atoms with van der Waals surface area (Å²) in [4.78, 5) is -0.214. The first-order chi connectivity index (χ1) is 9.90. The molecule has 120 valence electrons. The second-order valence-corrected chi connectivity index (χ2v) is 5.77. The molecule has 1 aliphatic carbocycles. The van der Waals surface area contributed by atoms with Gasteiger partial charge in [0.05, 0.1) is 16.6 Å². The zero-order valence-electron chi connectivity index (χ0n) is 11.6. The van der Waals surface area contributed by atoms with Crippen LogP contribution in [0.2, 0.25) is 0 Å². The Bertz CT molecular complexity index is 493. The Hall–Kier alpha value is -0.640. The second-order valence-electron chi connectivity index (χ2n) is 4.67. The van der Waals surface area contributed by atoms with Crippen molar-refractivity contribution in [2.24, 2.45) is 0 Å².